The summed E-state index contributed by atoms with van der Waals surface area (Å²) in [6.07, 6.45) is 4.22. The van der Waals surface area contributed by atoms with Crippen molar-refractivity contribution in [2.75, 3.05) is 13.2 Å². The van der Waals surface area contributed by atoms with Crippen LogP contribution in [0, 0.1) is 0 Å². The third-order valence-corrected chi connectivity index (χ3v) is 1.90. The monoisotopic (exact) mass is 228 g/mol. The quantitative estimate of drug-likeness (QED) is 0.220. The van der Waals surface area contributed by atoms with Crippen molar-refractivity contribution in [1.82, 2.24) is 0 Å². The van der Waals surface area contributed by atoms with Crippen LogP contribution in [0.15, 0.2) is 11.6 Å². The maximum atomic E-state index is 11.5. The minimum absolute atomic E-state index is 0.0113. The Morgan fingerprint density at radius 2 is 1.50 bits per heavy atom. The van der Waals surface area contributed by atoms with E-state index in [1.165, 1.54) is 0 Å². The molecule has 0 amide bonds. The van der Waals surface area contributed by atoms with Crippen LogP contribution in [0.25, 0.3) is 0 Å². The van der Waals surface area contributed by atoms with E-state index in [1.807, 2.05) is 6.92 Å². The van der Waals surface area contributed by atoms with Gasteiger partial charge in [0.1, 0.15) is 5.57 Å². The van der Waals surface area contributed by atoms with E-state index in [-0.39, 0.29) is 18.8 Å². The molecule has 0 unspecified atom stereocenters. The number of rotatable bonds is 7. The van der Waals surface area contributed by atoms with Crippen LogP contribution >= 0.6 is 0 Å². The number of unbranched alkanes of at least 4 members (excludes halogenated alkanes) is 2. The first kappa shape index (κ1) is 14.7. The molecule has 0 aromatic heterocycles. The highest BCUT2D eigenvalue weighted by atomic mass is 16.6. The van der Waals surface area contributed by atoms with Crippen molar-refractivity contribution in [3.8, 4) is 0 Å². The van der Waals surface area contributed by atoms with Crippen molar-refractivity contribution in [3.05, 3.63) is 11.6 Å². The lowest BCUT2D eigenvalue weighted by molar-refractivity contribution is -0.146. The van der Waals surface area contributed by atoms with Crippen LogP contribution in [-0.4, -0.2) is 25.2 Å². The second kappa shape index (κ2) is 8.95. The van der Waals surface area contributed by atoms with Gasteiger partial charge in [0.05, 0.1) is 13.2 Å². The highest BCUT2D eigenvalue weighted by Gasteiger charge is 2.19. The first-order valence-corrected chi connectivity index (χ1v) is 5.71. The molecular formula is C12H20O4. The molecule has 92 valence electrons. The normalized spacial score (nSPS) is 9.44. The second-order valence-electron chi connectivity index (χ2n) is 3.20. The van der Waals surface area contributed by atoms with Crippen LogP contribution < -0.4 is 0 Å². The van der Waals surface area contributed by atoms with E-state index >= 15 is 0 Å². The summed E-state index contributed by atoms with van der Waals surface area (Å²) in [6.45, 7) is 5.95. The van der Waals surface area contributed by atoms with Gasteiger partial charge in [-0.05, 0) is 20.3 Å². The summed E-state index contributed by atoms with van der Waals surface area (Å²) in [5.74, 6) is -1.20. The maximum absolute atomic E-state index is 11.5. The predicted octanol–water partition coefficient (Wildman–Crippen LogP) is 2.23. The third-order valence-electron chi connectivity index (χ3n) is 1.90. The lowest BCUT2D eigenvalue weighted by Gasteiger charge is -2.06. The molecule has 16 heavy (non-hydrogen) atoms. The molecule has 0 aromatic carbocycles. The molecule has 0 saturated carbocycles. The molecule has 4 nitrogen and oxygen atoms in total. The smallest absolute Gasteiger partial charge is 0.345 e. The van der Waals surface area contributed by atoms with Crippen molar-refractivity contribution in [1.29, 1.82) is 0 Å². The Morgan fingerprint density at radius 3 is 1.88 bits per heavy atom. The summed E-state index contributed by atoms with van der Waals surface area (Å²) >= 11 is 0. The van der Waals surface area contributed by atoms with Gasteiger partial charge < -0.3 is 9.47 Å². The topological polar surface area (TPSA) is 52.6 Å². The molecule has 0 heterocycles. The number of ether oxygens (including phenoxy) is 2. The number of esters is 2. The zero-order valence-corrected chi connectivity index (χ0v) is 10.2. The third kappa shape index (κ3) is 5.53. The van der Waals surface area contributed by atoms with Gasteiger partial charge >= 0.3 is 11.9 Å². The molecule has 4 heteroatoms. The van der Waals surface area contributed by atoms with Crippen molar-refractivity contribution in [3.63, 3.8) is 0 Å². The van der Waals surface area contributed by atoms with Gasteiger partial charge in [0.15, 0.2) is 0 Å². The fraction of sp³-hybridized carbons (Fsp3) is 0.667. The van der Waals surface area contributed by atoms with E-state index in [0.29, 0.717) is 6.42 Å². The molecule has 0 aliphatic heterocycles. The van der Waals surface area contributed by atoms with E-state index in [2.05, 4.69) is 0 Å². The molecule has 0 saturated heterocycles. The van der Waals surface area contributed by atoms with Crippen LogP contribution in [0.2, 0.25) is 0 Å². The van der Waals surface area contributed by atoms with Gasteiger partial charge in [-0.3, -0.25) is 0 Å². The number of allylic oxidation sites excluding steroid dienone is 1. The molecule has 0 radical (unpaired) electrons. The summed E-state index contributed by atoms with van der Waals surface area (Å²) in [4.78, 5) is 22.9. The predicted molar refractivity (Wildman–Crippen MR) is 60.9 cm³/mol. The van der Waals surface area contributed by atoms with Gasteiger partial charge in [-0.15, -0.1) is 0 Å². The fourth-order valence-corrected chi connectivity index (χ4v) is 1.12. The molecule has 0 N–H and O–H groups in total. The van der Waals surface area contributed by atoms with Gasteiger partial charge in [-0.25, -0.2) is 9.59 Å². The van der Waals surface area contributed by atoms with Crippen molar-refractivity contribution < 1.29 is 19.1 Å². The van der Waals surface area contributed by atoms with E-state index < -0.39 is 11.9 Å². The molecule has 0 rings (SSSR count). The lowest BCUT2D eigenvalue weighted by Crippen LogP contribution is -2.18. The largest absolute Gasteiger partial charge is 0.462 e. The Hall–Kier alpha value is -1.32. The summed E-state index contributed by atoms with van der Waals surface area (Å²) in [6, 6.07) is 0. The van der Waals surface area contributed by atoms with Crippen LogP contribution in [0.5, 0.6) is 0 Å². The minimum atomic E-state index is -0.600. The van der Waals surface area contributed by atoms with E-state index in [4.69, 9.17) is 9.47 Å². The average Bonchev–Trinajstić information content (AvgIpc) is 2.25. The summed E-state index contributed by atoms with van der Waals surface area (Å²) in [5.41, 5.74) is 0.0113. The molecule has 0 bridgehead atoms. The molecule has 0 fully saturated rings. The van der Waals surface area contributed by atoms with Crippen LogP contribution in [-0.2, 0) is 19.1 Å². The Bertz CT molecular complexity index is 236. The van der Waals surface area contributed by atoms with Crippen molar-refractivity contribution in [2.45, 2.75) is 40.0 Å². The Kier molecular flexibility index (Phi) is 8.21. The Morgan fingerprint density at radius 1 is 1.00 bits per heavy atom. The zero-order chi connectivity index (χ0) is 12.4. The SMILES string of the molecule is CCCCC=C(C(=O)OCC)C(=O)OCC. The minimum Gasteiger partial charge on any atom is -0.462 e. The van der Waals surface area contributed by atoms with Crippen molar-refractivity contribution in [2.24, 2.45) is 0 Å². The molecule has 0 aliphatic rings. The second-order valence-corrected chi connectivity index (χ2v) is 3.20. The van der Waals surface area contributed by atoms with E-state index in [9.17, 15) is 9.59 Å². The zero-order valence-electron chi connectivity index (χ0n) is 10.2. The van der Waals surface area contributed by atoms with Gasteiger partial charge in [-0.2, -0.15) is 0 Å². The number of hydrogen-bond donors (Lipinski definition) is 0. The molecular weight excluding hydrogens is 208 g/mol. The van der Waals surface area contributed by atoms with Gasteiger partial charge in [0.2, 0.25) is 0 Å². The first-order valence-electron chi connectivity index (χ1n) is 5.71. The summed E-state index contributed by atoms with van der Waals surface area (Å²) < 4.78 is 9.59. The number of carbonyl (C=O) groups is 2. The van der Waals surface area contributed by atoms with Crippen molar-refractivity contribution >= 4 is 11.9 Å². The van der Waals surface area contributed by atoms with Crippen LogP contribution in [0.3, 0.4) is 0 Å². The molecule has 0 aliphatic carbocycles. The summed E-state index contributed by atoms with van der Waals surface area (Å²) in [5, 5.41) is 0. The van der Waals surface area contributed by atoms with Gasteiger partial charge in [0, 0.05) is 0 Å². The number of carbonyl (C=O) groups excluding carboxylic acids is 2. The first-order chi connectivity index (χ1) is 7.67. The van der Waals surface area contributed by atoms with E-state index in [1.54, 1.807) is 19.9 Å². The maximum Gasteiger partial charge on any atom is 0.345 e. The Balaban J connectivity index is 4.55. The van der Waals surface area contributed by atoms with E-state index in [0.717, 1.165) is 12.8 Å². The van der Waals surface area contributed by atoms with Gasteiger partial charge in [0.25, 0.3) is 0 Å². The molecule has 0 atom stereocenters. The van der Waals surface area contributed by atoms with Crippen LogP contribution in [0.1, 0.15) is 40.0 Å². The molecule has 0 aromatic rings. The standard InChI is InChI=1S/C12H20O4/c1-4-7-8-9-10(11(13)15-5-2)12(14)16-6-3/h9H,4-8H2,1-3H3. The fourth-order valence-electron chi connectivity index (χ4n) is 1.12. The molecule has 0 spiro atoms. The van der Waals surface area contributed by atoms with Crippen LogP contribution in [0.4, 0.5) is 0 Å². The highest BCUT2D eigenvalue weighted by molar-refractivity contribution is 6.14. The Labute approximate surface area is 96.6 Å². The highest BCUT2D eigenvalue weighted by Crippen LogP contribution is 2.06. The summed E-state index contributed by atoms with van der Waals surface area (Å²) in [7, 11) is 0. The number of hydrogen-bond acceptors (Lipinski definition) is 4. The lowest BCUT2D eigenvalue weighted by atomic mass is 10.1. The van der Waals surface area contributed by atoms with Gasteiger partial charge in [-0.1, -0.05) is 25.8 Å². The average molecular weight is 228 g/mol.